The number of nitrogens with two attached hydrogens (primary N) is 1. The van der Waals surface area contributed by atoms with E-state index in [1.165, 1.54) is 0 Å². The number of carbonyl (C=O) groups excluding carboxylic acids is 1. The molecule has 0 aliphatic rings. The van der Waals surface area contributed by atoms with Crippen molar-refractivity contribution < 1.29 is 9.32 Å². The van der Waals surface area contributed by atoms with Crippen LogP contribution in [-0.4, -0.2) is 17.1 Å². The molecule has 0 saturated carbocycles. The standard InChI is InChI=1S/C14H25N3O2.ClH/c1-5-12-10(13(6-2)19-17-12)8-16-14(18)11(15)7-9(3)4;/h9,11H,5-8,15H2,1-4H3,(H,16,18);1H/t11-;/m0./s1. The van der Waals surface area contributed by atoms with Gasteiger partial charge in [0.25, 0.3) is 0 Å². The van der Waals surface area contributed by atoms with Gasteiger partial charge >= 0.3 is 0 Å². The molecule has 1 aromatic heterocycles. The number of nitrogens with zero attached hydrogens (tertiary/aromatic N) is 1. The first-order chi connectivity index (χ1) is 8.99. The summed E-state index contributed by atoms with van der Waals surface area (Å²) in [4.78, 5) is 11.9. The Morgan fingerprint density at radius 2 is 2.00 bits per heavy atom. The van der Waals surface area contributed by atoms with E-state index in [-0.39, 0.29) is 18.3 Å². The fraction of sp³-hybridized carbons (Fsp3) is 0.714. The highest BCUT2D eigenvalue weighted by Gasteiger charge is 2.18. The van der Waals surface area contributed by atoms with Gasteiger partial charge in [-0.3, -0.25) is 4.79 Å². The summed E-state index contributed by atoms with van der Waals surface area (Å²) < 4.78 is 5.26. The Labute approximate surface area is 127 Å². The molecule has 1 aromatic rings. The third-order valence-corrected chi connectivity index (χ3v) is 3.11. The summed E-state index contributed by atoms with van der Waals surface area (Å²) in [5.41, 5.74) is 7.75. The molecule has 116 valence electrons. The Hall–Kier alpha value is -1.07. The average Bonchev–Trinajstić information content (AvgIpc) is 2.76. The maximum absolute atomic E-state index is 11.9. The van der Waals surface area contributed by atoms with Gasteiger partial charge in [0.05, 0.1) is 11.7 Å². The maximum atomic E-state index is 11.9. The van der Waals surface area contributed by atoms with Gasteiger partial charge in [0.1, 0.15) is 5.76 Å². The number of amides is 1. The predicted octanol–water partition coefficient (Wildman–Crippen LogP) is 2.21. The fourth-order valence-corrected chi connectivity index (χ4v) is 2.06. The second kappa shape index (κ2) is 8.97. The predicted molar refractivity (Wildman–Crippen MR) is 81.8 cm³/mol. The molecule has 0 aliphatic carbocycles. The summed E-state index contributed by atoms with van der Waals surface area (Å²) in [6, 6.07) is -0.449. The third kappa shape index (κ3) is 5.13. The van der Waals surface area contributed by atoms with E-state index in [1.54, 1.807) is 0 Å². The van der Waals surface area contributed by atoms with Gasteiger partial charge in [-0.05, 0) is 18.8 Å². The summed E-state index contributed by atoms with van der Waals surface area (Å²) in [5, 5.41) is 6.89. The fourth-order valence-electron chi connectivity index (χ4n) is 2.06. The minimum absolute atomic E-state index is 0. The number of rotatable bonds is 7. The molecule has 0 radical (unpaired) electrons. The van der Waals surface area contributed by atoms with Crippen LogP contribution in [0.2, 0.25) is 0 Å². The van der Waals surface area contributed by atoms with Crippen LogP contribution in [0.5, 0.6) is 0 Å². The lowest BCUT2D eigenvalue weighted by molar-refractivity contribution is -0.122. The molecule has 0 spiro atoms. The first-order valence-corrected chi connectivity index (χ1v) is 6.99. The second-order valence-electron chi connectivity index (χ2n) is 5.19. The van der Waals surface area contributed by atoms with Crippen LogP contribution < -0.4 is 11.1 Å². The summed E-state index contributed by atoms with van der Waals surface area (Å²) >= 11 is 0. The van der Waals surface area contributed by atoms with Crippen LogP contribution in [0.15, 0.2) is 4.52 Å². The van der Waals surface area contributed by atoms with Gasteiger partial charge in [-0.1, -0.05) is 32.9 Å². The van der Waals surface area contributed by atoms with E-state index in [9.17, 15) is 4.79 Å². The van der Waals surface area contributed by atoms with Crippen molar-refractivity contribution in [1.82, 2.24) is 10.5 Å². The third-order valence-electron chi connectivity index (χ3n) is 3.11. The normalized spacial score (nSPS) is 12.1. The first kappa shape index (κ1) is 18.9. The van der Waals surface area contributed by atoms with Crippen molar-refractivity contribution in [1.29, 1.82) is 0 Å². The Kier molecular flexibility index (Phi) is 8.49. The van der Waals surface area contributed by atoms with Gasteiger partial charge in [0, 0.05) is 18.5 Å². The topological polar surface area (TPSA) is 81.2 Å². The van der Waals surface area contributed by atoms with Crippen LogP contribution >= 0.6 is 12.4 Å². The van der Waals surface area contributed by atoms with Gasteiger partial charge in [0.15, 0.2) is 0 Å². The van der Waals surface area contributed by atoms with Crippen molar-refractivity contribution >= 4 is 18.3 Å². The SMILES string of the molecule is CCc1noc(CC)c1CNC(=O)[C@@H](N)CC(C)C.Cl. The first-order valence-electron chi connectivity index (χ1n) is 6.99. The molecule has 1 atom stereocenters. The van der Waals surface area contributed by atoms with Gasteiger partial charge in [-0.25, -0.2) is 0 Å². The molecule has 0 fully saturated rings. The second-order valence-corrected chi connectivity index (χ2v) is 5.19. The van der Waals surface area contributed by atoms with Crippen molar-refractivity contribution in [3.8, 4) is 0 Å². The molecule has 3 N–H and O–H groups in total. The Balaban J connectivity index is 0.00000361. The van der Waals surface area contributed by atoms with Crippen molar-refractivity contribution in [2.75, 3.05) is 0 Å². The van der Waals surface area contributed by atoms with E-state index in [1.807, 2.05) is 13.8 Å². The molecule has 0 unspecified atom stereocenters. The zero-order valence-corrected chi connectivity index (χ0v) is 13.5. The monoisotopic (exact) mass is 303 g/mol. The molecule has 0 aromatic carbocycles. The largest absolute Gasteiger partial charge is 0.361 e. The van der Waals surface area contributed by atoms with E-state index in [0.29, 0.717) is 18.9 Å². The summed E-state index contributed by atoms with van der Waals surface area (Å²) in [5.74, 6) is 1.14. The summed E-state index contributed by atoms with van der Waals surface area (Å²) in [6.45, 7) is 8.58. The minimum atomic E-state index is -0.449. The highest BCUT2D eigenvalue weighted by Crippen LogP contribution is 2.15. The molecule has 0 saturated heterocycles. The van der Waals surface area contributed by atoms with Crippen molar-refractivity contribution in [3.05, 3.63) is 17.0 Å². The smallest absolute Gasteiger partial charge is 0.237 e. The van der Waals surface area contributed by atoms with Crippen LogP contribution in [0.3, 0.4) is 0 Å². The van der Waals surface area contributed by atoms with E-state index in [0.717, 1.165) is 29.9 Å². The van der Waals surface area contributed by atoms with Crippen LogP contribution in [0.25, 0.3) is 0 Å². The Morgan fingerprint density at radius 1 is 1.35 bits per heavy atom. The lowest BCUT2D eigenvalue weighted by atomic mass is 10.0. The van der Waals surface area contributed by atoms with E-state index in [2.05, 4.69) is 24.3 Å². The van der Waals surface area contributed by atoms with Crippen LogP contribution in [0, 0.1) is 5.92 Å². The molecular weight excluding hydrogens is 278 g/mol. The molecule has 6 heteroatoms. The molecular formula is C14H26ClN3O2. The molecule has 0 bridgehead atoms. The zero-order chi connectivity index (χ0) is 14.4. The van der Waals surface area contributed by atoms with E-state index < -0.39 is 6.04 Å². The quantitative estimate of drug-likeness (QED) is 0.809. The molecule has 1 heterocycles. The van der Waals surface area contributed by atoms with Gasteiger partial charge in [0.2, 0.25) is 5.91 Å². The lowest BCUT2D eigenvalue weighted by Crippen LogP contribution is -2.41. The van der Waals surface area contributed by atoms with Crippen molar-refractivity contribution in [2.24, 2.45) is 11.7 Å². The Morgan fingerprint density at radius 3 is 2.50 bits per heavy atom. The highest BCUT2D eigenvalue weighted by molar-refractivity contribution is 5.85. The number of carbonyl (C=O) groups is 1. The molecule has 1 amide bonds. The molecule has 1 rings (SSSR count). The number of hydrogen-bond acceptors (Lipinski definition) is 4. The zero-order valence-electron chi connectivity index (χ0n) is 12.7. The molecule has 0 aliphatic heterocycles. The minimum Gasteiger partial charge on any atom is -0.361 e. The van der Waals surface area contributed by atoms with E-state index >= 15 is 0 Å². The number of aryl methyl sites for hydroxylation is 2. The van der Waals surface area contributed by atoms with Crippen LogP contribution in [-0.2, 0) is 24.2 Å². The number of hydrogen-bond donors (Lipinski definition) is 2. The number of halogens is 1. The maximum Gasteiger partial charge on any atom is 0.237 e. The van der Waals surface area contributed by atoms with Crippen LogP contribution in [0.4, 0.5) is 0 Å². The van der Waals surface area contributed by atoms with Gasteiger partial charge in [-0.15, -0.1) is 12.4 Å². The van der Waals surface area contributed by atoms with E-state index in [4.69, 9.17) is 10.3 Å². The summed E-state index contributed by atoms with van der Waals surface area (Å²) in [7, 11) is 0. The summed E-state index contributed by atoms with van der Waals surface area (Å²) in [6.07, 6.45) is 2.26. The average molecular weight is 304 g/mol. The number of nitrogens with one attached hydrogen (secondary N) is 1. The lowest BCUT2D eigenvalue weighted by Gasteiger charge is -2.14. The molecule has 5 nitrogen and oxygen atoms in total. The van der Waals surface area contributed by atoms with Crippen LogP contribution in [0.1, 0.15) is 51.1 Å². The van der Waals surface area contributed by atoms with Gasteiger partial charge < -0.3 is 15.6 Å². The van der Waals surface area contributed by atoms with Gasteiger partial charge in [-0.2, -0.15) is 0 Å². The van der Waals surface area contributed by atoms with Crippen molar-refractivity contribution in [3.63, 3.8) is 0 Å². The number of aromatic nitrogens is 1. The molecule has 20 heavy (non-hydrogen) atoms. The Bertz CT molecular complexity index is 397. The van der Waals surface area contributed by atoms with Crippen molar-refractivity contribution in [2.45, 2.75) is 59.5 Å². The highest BCUT2D eigenvalue weighted by atomic mass is 35.5.